The number of allylic oxidation sites excluding steroid dienone is 1. The number of hydrogen-bond donors (Lipinski definition) is 0. The molecule has 5 heteroatoms. The maximum atomic E-state index is 12.4. The summed E-state index contributed by atoms with van der Waals surface area (Å²) in [4.78, 5) is 24.1. The van der Waals surface area contributed by atoms with Crippen molar-refractivity contribution >= 4 is 11.9 Å². The molecule has 1 aromatic heterocycles. The zero-order valence-corrected chi connectivity index (χ0v) is 17.1. The fourth-order valence-corrected chi connectivity index (χ4v) is 4.75. The Hall–Kier alpha value is -2.04. The summed E-state index contributed by atoms with van der Waals surface area (Å²) in [7, 11) is 0. The summed E-state index contributed by atoms with van der Waals surface area (Å²) >= 11 is 0. The second-order valence-corrected chi connectivity index (χ2v) is 8.42. The van der Waals surface area contributed by atoms with Gasteiger partial charge in [-0.05, 0) is 56.1 Å². The number of furan rings is 1. The van der Waals surface area contributed by atoms with Gasteiger partial charge in [-0.2, -0.15) is 0 Å². The first-order valence-electron chi connectivity index (χ1n) is 9.74. The zero-order valence-electron chi connectivity index (χ0n) is 17.1. The maximum Gasteiger partial charge on any atom is 0.333 e. The number of rotatable bonds is 3. The van der Waals surface area contributed by atoms with Crippen molar-refractivity contribution in [3.8, 4) is 0 Å². The predicted octanol–water partition coefficient (Wildman–Crippen LogP) is 4.16. The van der Waals surface area contributed by atoms with Crippen LogP contribution in [-0.2, 0) is 31.9 Å². The van der Waals surface area contributed by atoms with Crippen LogP contribution in [0.2, 0.25) is 0 Å². The van der Waals surface area contributed by atoms with E-state index in [2.05, 4.69) is 20.8 Å². The van der Waals surface area contributed by atoms with E-state index in [4.69, 9.17) is 13.9 Å². The smallest absolute Gasteiger partial charge is 0.333 e. The lowest BCUT2D eigenvalue weighted by Crippen LogP contribution is -2.56. The van der Waals surface area contributed by atoms with E-state index in [9.17, 15) is 9.59 Å². The molecule has 1 fully saturated rings. The van der Waals surface area contributed by atoms with Crippen LogP contribution in [0.4, 0.5) is 0 Å². The number of ether oxygens (including phenoxy) is 2. The van der Waals surface area contributed by atoms with Crippen LogP contribution in [0.15, 0.2) is 22.3 Å². The molecule has 0 spiro atoms. The van der Waals surface area contributed by atoms with Crippen molar-refractivity contribution in [3.63, 3.8) is 0 Å². The number of esters is 2. The van der Waals surface area contributed by atoms with E-state index >= 15 is 0 Å². The van der Waals surface area contributed by atoms with Gasteiger partial charge in [0, 0.05) is 24.8 Å². The number of fused-ring (bicyclic) bond motifs is 2. The Morgan fingerprint density at radius 1 is 1.30 bits per heavy atom. The number of carbonyl (C=O) groups is 2. The molecule has 3 rings (SSSR count). The fourth-order valence-electron chi connectivity index (χ4n) is 4.75. The molecule has 0 bridgehead atoms. The Labute approximate surface area is 161 Å². The predicted molar refractivity (Wildman–Crippen MR) is 101 cm³/mol. The van der Waals surface area contributed by atoms with Crippen molar-refractivity contribution in [1.29, 1.82) is 0 Å². The van der Waals surface area contributed by atoms with Crippen LogP contribution in [0.3, 0.4) is 0 Å². The molecular formula is C22H30O5. The third-order valence-corrected chi connectivity index (χ3v) is 6.84. The molecule has 0 aromatic carbocycles. The van der Waals surface area contributed by atoms with Crippen LogP contribution >= 0.6 is 0 Å². The maximum absolute atomic E-state index is 12.4. The van der Waals surface area contributed by atoms with Crippen molar-refractivity contribution in [1.82, 2.24) is 0 Å². The molecule has 0 amide bonds. The van der Waals surface area contributed by atoms with Crippen LogP contribution < -0.4 is 0 Å². The van der Waals surface area contributed by atoms with Crippen molar-refractivity contribution in [2.75, 3.05) is 0 Å². The molecule has 5 atom stereocenters. The topological polar surface area (TPSA) is 65.7 Å². The standard InChI is InChI=1S/C22H30O5/c1-7-12(2)21(24)27-20-14(4)22(6)10-17-13(3)11-25-18(17)8-16(22)9-19(20)26-15(5)23/h7,11,14,16,19-20H,8-10H2,1-6H3. The minimum absolute atomic E-state index is 0.0485. The first-order valence-corrected chi connectivity index (χ1v) is 9.74. The van der Waals surface area contributed by atoms with Crippen molar-refractivity contribution < 1.29 is 23.5 Å². The van der Waals surface area contributed by atoms with Gasteiger partial charge in [0.25, 0.3) is 0 Å². The fraction of sp³-hybridized carbons (Fsp3) is 0.636. The highest BCUT2D eigenvalue weighted by molar-refractivity contribution is 5.87. The summed E-state index contributed by atoms with van der Waals surface area (Å²) in [6.45, 7) is 11.4. The van der Waals surface area contributed by atoms with E-state index in [0.29, 0.717) is 17.9 Å². The van der Waals surface area contributed by atoms with Crippen LogP contribution in [0.5, 0.6) is 0 Å². The molecule has 148 valence electrons. The average molecular weight is 374 g/mol. The Morgan fingerprint density at radius 2 is 2.00 bits per heavy atom. The van der Waals surface area contributed by atoms with E-state index < -0.39 is 12.2 Å². The van der Waals surface area contributed by atoms with E-state index in [0.717, 1.165) is 18.6 Å². The van der Waals surface area contributed by atoms with Gasteiger partial charge in [-0.1, -0.05) is 19.9 Å². The summed E-state index contributed by atoms with van der Waals surface area (Å²) in [5.41, 5.74) is 2.97. The minimum atomic E-state index is -0.452. The summed E-state index contributed by atoms with van der Waals surface area (Å²) < 4.78 is 17.3. The third kappa shape index (κ3) is 3.44. The Balaban J connectivity index is 1.94. The zero-order chi connectivity index (χ0) is 19.9. The van der Waals surface area contributed by atoms with Gasteiger partial charge in [-0.3, -0.25) is 4.79 Å². The summed E-state index contributed by atoms with van der Waals surface area (Å²) in [6, 6.07) is 0. The van der Waals surface area contributed by atoms with E-state index in [1.165, 1.54) is 18.1 Å². The molecule has 5 nitrogen and oxygen atoms in total. The normalized spacial score (nSPS) is 33.0. The largest absolute Gasteiger partial charge is 0.469 e. The van der Waals surface area contributed by atoms with Gasteiger partial charge in [0.05, 0.1) is 6.26 Å². The second kappa shape index (κ2) is 7.17. The molecule has 27 heavy (non-hydrogen) atoms. The van der Waals surface area contributed by atoms with E-state index in [-0.39, 0.29) is 23.3 Å². The average Bonchev–Trinajstić information content (AvgIpc) is 2.96. The molecule has 2 aliphatic rings. The Bertz CT molecular complexity index is 774. The molecule has 1 heterocycles. The van der Waals surface area contributed by atoms with Crippen LogP contribution in [0, 0.1) is 24.2 Å². The van der Waals surface area contributed by atoms with Crippen molar-refractivity contribution in [2.24, 2.45) is 17.3 Å². The molecule has 0 saturated heterocycles. The third-order valence-electron chi connectivity index (χ3n) is 6.84. The van der Waals surface area contributed by atoms with Crippen LogP contribution in [0.25, 0.3) is 0 Å². The molecule has 1 saturated carbocycles. The highest BCUT2D eigenvalue weighted by Gasteiger charge is 2.55. The molecule has 2 aliphatic carbocycles. The quantitative estimate of drug-likeness (QED) is 0.587. The van der Waals surface area contributed by atoms with E-state index in [1.54, 1.807) is 13.0 Å². The summed E-state index contributed by atoms with van der Waals surface area (Å²) in [5, 5.41) is 0. The van der Waals surface area contributed by atoms with Gasteiger partial charge >= 0.3 is 11.9 Å². The number of aryl methyl sites for hydroxylation is 1. The lowest BCUT2D eigenvalue weighted by molar-refractivity contribution is -0.189. The monoisotopic (exact) mass is 374 g/mol. The number of hydrogen-bond acceptors (Lipinski definition) is 5. The lowest BCUT2D eigenvalue weighted by atomic mass is 9.54. The summed E-state index contributed by atoms with van der Waals surface area (Å²) in [6.07, 6.45) is 5.08. The Kier molecular flexibility index (Phi) is 5.24. The molecular weight excluding hydrogens is 344 g/mol. The van der Waals surface area contributed by atoms with Crippen LogP contribution in [-0.4, -0.2) is 24.1 Å². The SMILES string of the molecule is CC=C(C)C(=O)OC1C(OC(C)=O)CC2Cc3occ(C)c3CC2(C)C1C. The van der Waals surface area contributed by atoms with Crippen molar-refractivity contribution in [2.45, 2.75) is 73.0 Å². The minimum Gasteiger partial charge on any atom is -0.469 e. The van der Waals surface area contributed by atoms with Crippen molar-refractivity contribution in [3.05, 3.63) is 34.8 Å². The van der Waals surface area contributed by atoms with Gasteiger partial charge in [0.1, 0.15) is 18.0 Å². The Morgan fingerprint density at radius 3 is 2.63 bits per heavy atom. The van der Waals surface area contributed by atoms with Gasteiger partial charge in [0.2, 0.25) is 0 Å². The molecule has 0 radical (unpaired) electrons. The molecule has 5 unspecified atom stereocenters. The van der Waals surface area contributed by atoms with Gasteiger partial charge in [-0.15, -0.1) is 0 Å². The highest BCUT2D eigenvalue weighted by atomic mass is 16.6. The van der Waals surface area contributed by atoms with E-state index in [1.807, 2.05) is 13.2 Å². The first-order chi connectivity index (χ1) is 12.7. The van der Waals surface area contributed by atoms with Gasteiger partial charge in [-0.25, -0.2) is 4.79 Å². The molecule has 0 aliphatic heterocycles. The molecule has 1 aromatic rings. The van der Waals surface area contributed by atoms with Gasteiger partial charge in [0.15, 0.2) is 0 Å². The first kappa shape index (κ1) is 19.7. The molecule has 0 N–H and O–H groups in total. The second-order valence-electron chi connectivity index (χ2n) is 8.42. The van der Waals surface area contributed by atoms with Crippen LogP contribution in [0.1, 0.15) is 57.9 Å². The lowest BCUT2D eigenvalue weighted by Gasteiger charge is -2.53. The van der Waals surface area contributed by atoms with Gasteiger partial charge < -0.3 is 13.9 Å². The summed E-state index contributed by atoms with van der Waals surface area (Å²) in [5.74, 6) is 0.725. The highest BCUT2D eigenvalue weighted by Crippen LogP contribution is 2.54. The number of carbonyl (C=O) groups excluding carboxylic acids is 2.